The van der Waals surface area contributed by atoms with Gasteiger partial charge in [-0.05, 0) is 12.8 Å². The first-order chi connectivity index (χ1) is 8.98. The molecular formula is C12H15F3N2OS. The van der Waals surface area contributed by atoms with Crippen molar-refractivity contribution in [3.05, 3.63) is 16.1 Å². The van der Waals surface area contributed by atoms with Gasteiger partial charge in [-0.15, -0.1) is 11.3 Å². The third kappa shape index (κ3) is 3.68. The fourth-order valence-electron chi connectivity index (χ4n) is 2.28. The van der Waals surface area contributed by atoms with Crippen LogP contribution in [0.5, 0.6) is 0 Å². The van der Waals surface area contributed by atoms with Crippen LogP contribution in [0.1, 0.15) is 53.9 Å². The van der Waals surface area contributed by atoms with Gasteiger partial charge in [0.05, 0.1) is 5.51 Å². The van der Waals surface area contributed by atoms with Crippen LogP contribution >= 0.6 is 11.3 Å². The number of halogens is 3. The van der Waals surface area contributed by atoms with Crippen LogP contribution in [0.25, 0.3) is 0 Å². The monoisotopic (exact) mass is 292 g/mol. The lowest BCUT2D eigenvalue weighted by molar-refractivity contribution is -0.141. The van der Waals surface area contributed by atoms with Crippen molar-refractivity contribution in [3.8, 4) is 0 Å². The Morgan fingerprint density at radius 1 is 1.26 bits per heavy atom. The number of carbonyl (C=O) groups excluding carboxylic acids is 1. The zero-order valence-corrected chi connectivity index (χ0v) is 11.1. The summed E-state index contributed by atoms with van der Waals surface area (Å²) in [4.78, 5) is 14.8. The van der Waals surface area contributed by atoms with Gasteiger partial charge in [-0.25, -0.2) is 4.98 Å². The molecule has 0 radical (unpaired) electrons. The van der Waals surface area contributed by atoms with Crippen molar-refractivity contribution < 1.29 is 18.0 Å². The maximum Gasteiger partial charge on any atom is 0.434 e. The van der Waals surface area contributed by atoms with Crippen molar-refractivity contribution in [3.63, 3.8) is 0 Å². The van der Waals surface area contributed by atoms with Gasteiger partial charge < -0.3 is 5.32 Å². The standard InChI is InChI=1S/C12H15F3N2OS/c13-12(14,15)10-9(19-7-16-10)11(18)17-8-5-3-1-2-4-6-8/h7-8H,1-6H2,(H,17,18). The molecule has 0 saturated heterocycles. The molecule has 0 spiro atoms. The zero-order chi connectivity index (χ0) is 13.9. The number of nitrogens with one attached hydrogen (secondary N) is 1. The van der Waals surface area contributed by atoms with E-state index in [9.17, 15) is 18.0 Å². The molecule has 1 aromatic heterocycles. The largest absolute Gasteiger partial charge is 0.434 e. The van der Waals surface area contributed by atoms with Gasteiger partial charge in [-0.3, -0.25) is 4.79 Å². The average molecular weight is 292 g/mol. The second-order valence-corrected chi connectivity index (χ2v) is 5.54. The average Bonchev–Trinajstić information content (AvgIpc) is 2.70. The highest BCUT2D eigenvalue weighted by molar-refractivity contribution is 7.11. The van der Waals surface area contributed by atoms with Gasteiger partial charge in [0.15, 0.2) is 5.69 Å². The molecule has 106 valence electrons. The molecule has 7 heteroatoms. The first-order valence-corrected chi connectivity index (χ1v) is 7.18. The topological polar surface area (TPSA) is 42.0 Å². The van der Waals surface area contributed by atoms with Gasteiger partial charge in [0.1, 0.15) is 4.88 Å². The van der Waals surface area contributed by atoms with Crippen LogP contribution in [0.4, 0.5) is 13.2 Å². The Balaban J connectivity index is 2.05. The van der Waals surface area contributed by atoms with Gasteiger partial charge in [0.2, 0.25) is 0 Å². The van der Waals surface area contributed by atoms with E-state index < -0.39 is 17.8 Å². The van der Waals surface area contributed by atoms with Crippen molar-refractivity contribution in [1.29, 1.82) is 0 Å². The van der Waals surface area contributed by atoms with Crippen LogP contribution in [0, 0.1) is 0 Å². The summed E-state index contributed by atoms with van der Waals surface area (Å²) < 4.78 is 37.9. The third-order valence-electron chi connectivity index (χ3n) is 3.23. The molecular weight excluding hydrogens is 277 g/mol. The van der Waals surface area contributed by atoms with Crippen LogP contribution in [0.3, 0.4) is 0 Å². The third-order valence-corrected chi connectivity index (χ3v) is 4.06. The second kappa shape index (κ2) is 5.90. The van der Waals surface area contributed by atoms with Crippen LogP contribution in [-0.2, 0) is 6.18 Å². The van der Waals surface area contributed by atoms with Crippen molar-refractivity contribution in [1.82, 2.24) is 10.3 Å². The lowest BCUT2D eigenvalue weighted by Crippen LogP contribution is -2.35. The van der Waals surface area contributed by atoms with E-state index in [1.165, 1.54) is 0 Å². The van der Waals surface area contributed by atoms with E-state index in [-0.39, 0.29) is 10.9 Å². The van der Waals surface area contributed by atoms with E-state index in [4.69, 9.17) is 0 Å². The number of carbonyl (C=O) groups is 1. The molecule has 19 heavy (non-hydrogen) atoms. The van der Waals surface area contributed by atoms with Crippen molar-refractivity contribution >= 4 is 17.2 Å². The van der Waals surface area contributed by atoms with Crippen LogP contribution in [0.2, 0.25) is 0 Å². The molecule has 1 aromatic rings. The van der Waals surface area contributed by atoms with Gasteiger partial charge in [0, 0.05) is 6.04 Å². The number of hydrogen-bond acceptors (Lipinski definition) is 3. The molecule has 0 aliphatic heterocycles. The summed E-state index contributed by atoms with van der Waals surface area (Å²) in [6.07, 6.45) is 1.38. The highest BCUT2D eigenvalue weighted by Gasteiger charge is 2.38. The number of amides is 1. The molecule has 1 fully saturated rings. The Kier molecular flexibility index (Phi) is 4.44. The Labute approximate surface area is 113 Å². The van der Waals surface area contributed by atoms with Gasteiger partial charge in [0.25, 0.3) is 5.91 Å². The predicted octanol–water partition coefficient (Wildman–Crippen LogP) is 3.61. The van der Waals surface area contributed by atoms with Gasteiger partial charge in [-0.1, -0.05) is 25.7 Å². The number of alkyl halides is 3. The molecule has 1 aliphatic rings. The lowest BCUT2D eigenvalue weighted by atomic mass is 10.1. The summed E-state index contributed by atoms with van der Waals surface area (Å²) in [5.41, 5.74) is -0.0196. The molecule has 1 amide bonds. The first-order valence-electron chi connectivity index (χ1n) is 6.30. The number of thiazole rings is 1. The van der Waals surface area contributed by atoms with Crippen LogP contribution < -0.4 is 5.32 Å². The highest BCUT2D eigenvalue weighted by atomic mass is 32.1. The van der Waals surface area contributed by atoms with Crippen molar-refractivity contribution in [2.75, 3.05) is 0 Å². The van der Waals surface area contributed by atoms with Gasteiger partial charge in [-0.2, -0.15) is 13.2 Å². The van der Waals surface area contributed by atoms with E-state index in [0.29, 0.717) is 0 Å². The number of aromatic nitrogens is 1. The van der Waals surface area contributed by atoms with E-state index >= 15 is 0 Å². The van der Waals surface area contributed by atoms with E-state index in [1.807, 2.05) is 0 Å². The fraction of sp³-hybridized carbons (Fsp3) is 0.667. The Bertz CT molecular complexity index is 436. The SMILES string of the molecule is O=C(NC1CCCCCC1)c1scnc1C(F)(F)F. The minimum atomic E-state index is -4.57. The predicted molar refractivity (Wildman–Crippen MR) is 66.1 cm³/mol. The Hall–Kier alpha value is -1.11. The highest BCUT2D eigenvalue weighted by Crippen LogP contribution is 2.32. The van der Waals surface area contributed by atoms with Crippen molar-refractivity contribution in [2.45, 2.75) is 50.7 Å². The normalized spacial score (nSPS) is 18.1. The molecule has 1 N–H and O–H groups in total. The van der Waals surface area contributed by atoms with E-state index in [0.717, 1.165) is 55.4 Å². The summed E-state index contributed by atoms with van der Waals surface area (Å²) in [6.45, 7) is 0. The van der Waals surface area contributed by atoms with Crippen LogP contribution in [-0.4, -0.2) is 16.9 Å². The summed E-state index contributed by atoms with van der Waals surface area (Å²) in [6, 6.07) is -0.0156. The summed E-state index contributed by atoms with van der Waals surface area (Å²) in [5, 5.41) is 2.71. The zero-order valence-electron chi connectivity index (χ0n) is 10.3. The maximum absolute atomic E-state index is 12.6. The molecule has 1 saturated carbocycles. The van der Waals surface area contributed by atoms with E-state index in [1.54, 1.807) is 0 Å². The smallest absolute Gasteiger partial charge is 0.349 e. The fourth-order valence-corrected chi connectivity index (χ4v) is 2.99. The molecule has 3 nitrogen and oxygen atoms in total. The number of hydrogen-bond donors (Lipinski definition) is 1. The molecule has 0 unspecified atom stereocenters. The summed E-state index contributed by atoms with van der Waals surface area (Å²) in [5.74, 6) is -0.651. The summed E-state index contributed by atoms with van der Waals surface area (Å²) in [7, 11) is 0. The van der Waals surface area contributed by atoms with Crippen molar-refractivity contribution in [2.24, 2.45) is 0 Å². The minimum absolute atomic E-state index is 0.0156. The number of nitrogens with zero attached hydrogens (tertiary/aromatic N) is 1. The minimum Gasteiger partial charge on any atom is -0.349 e. The lowest BCUT2D eigenvalue weighted by Gasteiger charge is -2.16. The molecule has 1 heterocycles. The van der Waals surface area contributed by atoms with E-state index in [2.05, 4.69) is 10.3 Å². The van der Waals surface area contributed by atoms with Crippen LogP contribution in [0.15, 0.2) is 5.51 Å². The van der Waals surface area contributed by atoms with Gasteiger partial charge >= 0.3 is 6.18 Å². The molecule has 2 rings (SSSR count). The Morgan fingerprint density at radius 3 is 2.47 bits per heavy atom. The molecule has 1 aliphatic carbocycles. The second-order valence-electron chi connectivity index (χ2n) is 4.69. The molecule has 0 aromatic carbocycles. The Morgan fingerprint density at radius 2 is 1.89 bits per heavy atom. The number of rotatable bonds is 2. The summed E-state index contributed by atoms with van der Waals surface area (Å²) >= 11 is 0.735. The molecule has 0 atom stereocenters. The maximum atomic E-state index is 12.6. The first kappa shape index (κ1) is 14.3. The quantitative estimate of drug-likeness (QED) is 0.846. The molecule has 0 bridgehead atoms.